The summed E-state index contributed by atoms with van der Waals surface area (Å²) in [6.07, 6.45) is 0.214. The van der Waals surface area contributed by atoms with E-state index >= 15 is 0 Å². The van der Waals surface area contributed by atoms with Crippen LogP contribution in [0, 0.1) is 5.82 Å². The molecule has 1 aromatic carbocycles. The van der Waals surface area contributed by atoms with Gasteiger partial charge in [0.25, 0.3) is 5.91 Å². The van der Waals surface area contributed by atoms with Crippen molar-refractivity contribution in [2.45, 2.75) is 12.5 Å². The summed E-state index contributed by atoms with van der Waals surface area (Å²) in [4.78, 5) is 26.8. The van der Waals surface area contributed by atoms with E-state index in [9.17, 15) is 14.0 Å². The van der Waals surface area contributed by atoms with Gasteiger partial charge in [-0.2, -0.15) is 0 Å². The van der Waals surface area contributed by atoms with E-state index in [1.807, 2.05) is 0 Å². The van der Waals surface area contributed by atoms with Crippen molar-refractivity contribution >= 4 is 17.5 Å². The maximum Gasteiger partial charge on any atom is 0.292 e. The molecular formula is C14H16FN2O3+. The van der Waals surface area contributed by atoms with E-state index < -0.39 is 0 Å². The summed E-state index contributed by atoms with van der Waals surface area (Å²) in [5, 5.41) is 0. The standard InChI is InChI=1S/C14H15FN2O3/c15-10-1-3-11(4-2-10)17-13(18)9-12(14(17)19)16-5-7-20-8-6-16/h1-4,12H,5-9H2/p+1. The number of benzene rings is 1. The number of imide groups is 1. The summed E-state index contributed by atoms with van der Waals surface area (Å²) in [6.45, 7) is 2.70. The Morgan fingerprint density at radius 2 is 1.80 bits per heavy atom. The predicted molar refractivity (Wildman–Crippen MR) is 68.8 cm³/mol. The van der Waals surface area contributed by atoms with Gasteiger partial charge in [0.1, 0.15) is 18.9 Å². The van der Waals surface area contributed by atoms with Gasteiger partial charge in [-0.05, 0) is 24.3 Å². The minimum atomic E-state index is -0.386. The molecule has 0 spiro atoms. The molecule has 2 aliphatic heterocycles. The molecule has 0 bridgehead atoms. The molecule has 2 amide bonds. The Hall–Kier alpha value is -1.79. The summed E-state index contributed by atoms with van der Waals surface area (Å²) in [5.74, 6) is -0.799. The van der Waals surface area contributed by atoms with E-state index in [1.54, 1.807) is 0 Å². The molecule has 1 unspecified atom stereocenters. The van der Waals surface area contributed by atoms with E-state index in [-0.39, 0.29) is 30.1 Å². The highest BCUT2D eigenvalue weighted by Gasteiger charge is 2.45. The molecule has 106 valence electrons. The van der Waals surface area contributed by atoms with Gasteiger partial charge < -0.3 is 9.64 Å². The van der Waals surface area contributed by atoms with Crippen LogP contribution in [0.1, 0.15) is 6.42 Å². The van der Waals surface area contributed by atoms with Crippen molar-refractivity contribution in [3.63, 3.8) is 0 Å². The molecule has 0 aliphatic carbocycles. The highest BCUT2D eigenvalue weighted by molar-refractivity contribution is 6.21. The van der Waals surface area contributed by atoms with Crippen LogP contribution in [0.5, 0.6) is 0 Å². The molecular weight excluding hydrogens is 263 g/mol. The third-order valence-corrected chi connectivity index (χ3v) is 3.86. The van der Waals surface area contributed by atoms with Gasteiger partial charge in [-0.1, -0.05) is 0 Å². The fourth-order valence-corrected chi connectivity index (χ4v) is 2.79. The Morgan fingerprint density at radius 1 is 1.15 bits per heavy atom. The number of hydrogen-bond acceptors (Lipinski definition) is 3. The fraction of sp³-hybridized carbons (Fsp3) is 0.429. The van der Waals surface area contributed by atoms with Crippen LogP contribution >= 0.6 is 0 Å². The largest absolute Gasteiger partial charge is 0.370 e. The summed E-state index contributed by atoms with van der Waals surface area (Å²) in [5.41, 5.74) is 0.441. The number of hydrogen-bond donors (Lipinski definition) is 1. The zero-order chi connectivity index (χ0) is 14.1. The van der Waals surface area contributed by atoms with Crippen LogP contribution in [0.25, 0.3) is 0 Å². The quantitative estimate of drug-likeness (QED) is 0.734. The number of carbonyl (C=O) groups excluding carboxylic acids is 2. The third kappa shape index (κ3) is 2.32. The zero-order valence-electron chi connectivity index (χ0n) is 11.0. The number of amides is 2. The minimum Gasteiger partial charge on any atom is -0.370 e. The Kier molecular flexibility index (Phi) is 3.50. The Bertz CT molecular complexity index is 526. The second-order valence-electron chi connectivity index (χ2n) is 5.07. The van der Waals surface area contributed by atoms with Crippen LogP contribution in [0.15, 0.2) is 24.3 Å². The second-order valence-corrected chi connectivity index (χ2v) is 5.07. The molecule has 2 saturated heterocycles. The summed E-state index contributed by atoms with van der Waals surface area (Å²) in [7, 11) is 0. The Morgan fingerprint density at radius 3 is 2.45 bits per heavy atom. The van der Waals surface area contributed by atoms with Gasteiger partial charge in [0, 0.05) is 0 Å². The van der Waals surface area contributed by atoms with Crippen LogP contribution in [0.4, 0.5) is 10.1 Å². The summed E-state index contributed by atoms with van der Waals surface area (Å²) in [6, 6.07) is 5.09. The number of ether oxygens (including phenoxy) is 1. The van der Waals surface area contributed by atoms with Crippen molar-refractivity contribution in [3.8, 4) is 0 Å². The molecule has 20 heavy (non-hydrogen) atoms. The molecule has 2 fully saturated rings. The van der Waals surface area contributed by atoms with Crippen molar-refractivity contribution in [1.82, 2.24) is 0 Å². The minimum absolute atomic E-state index is 0.196. The molecule has 2 aliphatic rings. The maximum absolute atomic E-state index is 12.9. The first kappa shape index (κ1) is 13.2. The second kappa shape index (κ2) is 5.30. The smallest absolute Gasteiger partial charge is 0.292 e. The van der Waals surface area contributed by atoms with Crippen molar-refractivity contribution in [2.24, 2.45) is 0 Å². The monoisotopic (exact) mass is 279 g/mol. The Balaban J connectivity index is 1.81. The molecule has 0 aromatic heterocycles. The lowest BCUT2D eigenvalue weighted by atomic mass is 10.2. The van der Waals surface area contributed by atoms with Crippen LogP contribution in [0.3, 0.4) is 0 Å². The van der Waals surface area contributed by atoms with Crippen LogP contribution in [0.2, 0.25) is 0 Å². The molecule has 5 nitrogen and oxygen atoms in total. The SMILES string of the molecule is O=C1CC([NH+]2CCOCC2)C(=O)N1c1ccc(F)cc1. The van der Waals surface area contributed by atoms with Crippen molar-refractivity contribution < 1.29 is 23.6 Å². The molecule has 1 N–H and O–H groups in total. The van der Waals surface area contributed by atoms with Gasteiger partial charge in [-0.25, -0.2) is 9.29 Å². The lowest BCUT2D eigenvalue weighted by molar-refractivity contribution is -0.922. The third-order valence-electron chi connectivity index (χ3n) is 3.86. The first-order chi connectivity index (χ1) is 9.66. The highest BCUT2D eigenvalue weighted by atomic mass is 19.1. The topological polar surface area (TPSA) is 51.1 Å². The number of carbonyl (C=O) groups is 2. The van der Waals surface area contributed by atoms with E-state index in [4.69, 9.17) is 4.74 Å². The summed E-state index contributed by atoms with van der Waals surface area (Å²) >= 11 is 0. The zero-order valence-corrected chi connectivity index (χ0v) is 11.0. The number of nitrogens with one attached hydrogen (secondary N) is 1. The van der Waals surface area contributed by atoms with E-state index in [2.05, 4.69) is 0 Å². The fourth-order valence-electron chi connectivity index (χ4n) is 2.79. The molecule has 2 heterocycles. The van der Waals surface area contributed by atoms with Crippen LogP contribution < -0.4 is 9.80 Å². The number of rotatable bonds is 2. The molecule has 1 aromatic rings. The number of morpholine rings is 1. The molecule has 0 radical (unpaired) electrons. The lowest BCUT2D eigenvalue weighted by Gasteiger charge is -2.27. The number of anilines is 1. The van der Waals surface area contributed by atoms with Gasteiger partial charge in [0.15, 0.2) is 6.04 Å². The average Bonchev–Trinajstić information content (AvgIpc) is 2.76. The first-order valence-corrected chi connectivity index (χ1v) is 6.71. The van der Waals surface area contributed by atoms with E-state index in [0.29, 0.717) is 18.9 Å². The molecule has 6 heteroatoms. The normalized spacial score (nSPS) is 24.4. The number of nitrogens with zero attached hydrogens (tertiary/aromatic N) is 1. The van der Waals surface area contributed by atoms with Gasteiger partial charge in [-0.3, -0.25) is 9.59 Å². The first-order valence-electron chi connectivity index (χ1n) is 6.71. The van der Waals surface area contributed by atoms with Gasteiger partial charge in [0.05, 0.1) is 25.3 Å². The highest BCUT2D eigenvalue weighted by Crippen LogP contribution is 2.22. The average molecular weight is 279 g/mol. The van der Waals surface area contributed by atoms with E-state index in [1.165, 1.54) is 29.2 Å². The van der Waals surface area contributed by atoms with Gasteiger partial charge >= 0.3 is 0 Å². The van der Waals surface area contributed by atoms with E-state index in [0.717, 1.165) is 18.0 Å². The molecule has 1 atom stereocenters. The molecule has 3 rings (SSSR count). The van der Waals surface area contributed by atoms with Crippen molar-refractivity contribution in [2.75, 3.05) is 31.2 Å². The van der Waals surface area contributed by atoms with Crippen molar-refractivity contribution in [3.05, 3.63) is 30.1 Å². The summed E-state index contributed by atoms with van der Waals surface area (Å²) < 4.78 is 18.2. The maximum atomic E-state index is 12.9. The lowest BCUT2D eigenvalue weighted by Crippen LogP contribution is -3.18. The van der Waals surface area contributed by atoms with Gasteiger partial charge in [-0.15, -0.1) is 0 Å². The number of halogens is 1. The predicted octanol–water partition coefficient (Wildman–Crippen LogP) is -0.627. The van der Waals surface area contributed by atoms with Crippen LogP contribution in [-0.4, -0.2) is 44.2 Å². The Labute approximate surface area is 115 Å². The molecule has 0 saturated carbocycles. The van der Waals surface area contributed by atoms with Crippen molar-refractivity contribution in [1.29, 1.82) is 0 Å². The number of quaternary nitrogens is 1. The van der Waals surface area contributed by atoms with Gasteiger partial charge in [0.2, 0.25) is 5.91 Å². The van der Waals surface area contributed by atoms with Crippen LogP contribution in [-0.2, 0) is 14.3 Å².